The minimum absolute atomic E-state index is 0.0873. The number of amides is 1. The Kier molecular flexibility index (Phi) is 6.54. The van der Waals surface area contributed by atoms with Gasteiger partial charge in [-0.1, -0.05) is 72.8 Å². The topological polar surface area (TPSA) is 67.4 Å². The SMILES string of the molecule is COC(=O)c1ccccc1NC(=O)CNC(c1ccccc1)c1ccccc1. The molecule has 28 heavy (non-hydrogen) atoms. The predicted octanol–water partition coefficient (Wildman–Crippen LogP) is 3.79. The molecular weight excluding hydrogens is 352 g/mol. The molecule has 3 aromatic rings. The molecule has 0 bridgehead atoms. The lowest BCUT2D eigenvalue weighted by molar-refractivity contribution is -0.115. The molecule has 0 aliphatic rings. The van der Waals surface area contributed by atoms with E-state index in [1.807, 2.05) is 60.7 Å². The third-order valence-electron chi connectivity index (χ3n) is 4.34. The lowest BCUT2D eigenvalue weighted by Gasteiger charge is -2.20. The van der Waals surface area contributed by atoms with Gasteiger partial charge >= 0.3 is 5.97 Å². The second kappa shape index (κ2) is 9.48. The van der Waals surface area contributed by atoms with Gasteiger partial charge in [-0.2, -0.15) is 0 Å². The largest absolute Gasteiger partial charge is 0.465 e. The summed E-state index contributed by atoms with van der Waals surface area (Å²) in [4.78, 5) is 24.4. The zero-order valence-electron chi connectivity index (χ0n) is 15.6. The van der Waals surface area contributed by atoms with Crippen LogP contribution in [0, 0.1) is 0 Å². The van der Waals surface area contributed by atoms with E-state index in [2.05, 4.69) is 10.6 Å². The lowest BCUT2D eigenvalue weighted by atomic mass is 9.99. The number of carbonyl (C=O) groups is 2. The third kappa shape index (κ3) is 4.84. The van der Waals surface area contributed by atoms with Crippen LogP contribution in [0.5, 0.6) is 0 Å². The summed E-state index contributed by atoms with van der Waals surface area (Å²) in [6.45, 7) is 0.0873. The second-order valence-electron chi connectivity index (χ2n) is 6.22. The van der Waals surface area contributed by atoms with Crippen molar-refractivity contribution in [1.29, 1.82) is 0 Å². The van der Waals surface area contributed by atoms with Crippen molar-refractivity contribution >= 4 is 17.6 Å². The van der Waals surface area contributed by atoms with E-state index in [4.69, 9.17) is 4.74 Å². The van der Waals surface area contributed by atoms with E-state index >= 15 is 0 Å². The molecule has 0 saturated heterocycles. The molecule has 0 radical (unpaired) electrons. The fraction of sp³-hybridized carbons (Fsp3) is 0.130. The molecule has 3 rings (SSSR count). The van der Waals surface area contributed by atoms with Gasteiger partial charge < -0.3 is 10.1 Å². The molecule has 3 aromatic carbocycles. The van der Waals surface area contributed by atoms with Crippen LogP contribution < -0.4 is 10.6 Å². The minimum atomic E-state index is -0.490. The Balaban J connectivity index is 1.72. The molecule has 0 aromatic heterocycles. The van der Waals surface area contributed by atoms with Gasteiger partial charge in [0.15, 0.2) is 0 Å². The zero-order valence-corrected chi connectivity index (χ0v) is 15.6. The van der Waals surface area contributed by atoms with Crippen molar-refractivity contribution in [2.24, 2.45) is 0 Å². The van der Waals surface area contributed by atoms with Crippen molar-refractivity contribution in [3.8, 4) is 0 Å². The van der Waals surface area contributed by atoms with Gasteiger partial charge in [0, 0.05) is 0 Å². The van der Waals surface area contributed by atoms with Crippen LogP contribution in [0.2, 0.25) is 0 Å². The molecule has 2 N–H and O–H groups in total. The van der Waals surface area contributed by atoms with Crippen molar-refractivity contribution < 1.29 is 14.3 Å². The fourth-order valence-corrected chi connectivity index (χ4v) is 2.99. The van der Waals surface area contributed by atoms with Crippen LogP contribution in [-0.2, 0) is 9.53 Å². The van der Waals surface area contributed by atoms with Gasteiger partial charge in [0.05, 0.1) is 30.9 Å². The molecule has 142 valence electrons. The van der Waals surface area contributed by atoms with Crippen LogP contribution in [0.4, 0.5) is 5.69 Å². The Morgan fingerprint density at radius 1 is 0.821 bits per heavy atom. The van der Waals surface area contributed by atoms with E-state index in [1.165, 1.54) is 7.11 Å². The van der Waals surface area contributed by atoms with Gasteiger partial charge in [-0.25, -0.2) is 4.79 Å². The molecule has 0 aliphatic heterocycles. The van der Waals surface area contributed by atoms with Crippen molar-refractivity contribution in [2.75, 3.05) is 19.0 Å². The number of esters is 1. The number of anilines is 1. The Labute approximate surface area is 164 Å². The molecule has 0 unspecified atom stereocenters. The Morgan fingerprint density at radius 2 is 1.36 bits per heavy atom. The smallest absolute Gasteiger partial charge is 0.339 e. The van der Waals surface area contributed by atoms with E-state index in [1.54, 1.807) is 24.3 Å². The van der Waals surface area contributed by atoms with Gasteiger partial charge in [0.1, 0.15) is 0 Å². The normalized spacial score (nSPS) is 10.5. The molecule has 0 fully saturated rings. The number of hydrogen-bond donors (Lipinski definition) is 2. The summed E-state index contributed by atoms with van der Waals surface area (Å²) in [5.41, 5.74) is 2.88. The fourth-order valence-electron chi connectivity index (χ4n) is 2.99. The molecule has 0 heterocycles. The predicted molar refractivity (Wildman–Crippen MR) is 109 cm³/mol. The van der Waals surface area contributed by atoms with Gasteiger partial charge in [-0.15, -0.1) is 0 Å². The van der Waals surface area contributed by atoms with Gasteiger partial charge in [0.25, 0.3) is 0 Å². The van der Waals surface area contributed by atoms with Crippen LogP contribution in [0.25, 0.3) is 0 Å². The van der Waals surface area contributed by atoms with Crippen LogP contribution >= 0.6 is 0 Å². The van der Waals surface area contributed by atoms with Gasteiger partial charge in [-0.05, 0) is 23.3 Å². The summed E-state index contributed by atoms with van der Waals surface area (Å²) in [6, 6.07) is 26.6. The van der Waals surface area contributed by atoms with Crippen LogP contribution in [0.1, 0.15) is 27.5 Å². The van der Waals surface area contributed by atoms with Crippen molar-refractivity contribution in [2.45, 2.75) is 6.04 Å². The summed E-state index contributed by atoms with van der Waals surface area (Å²) in [6.07, 6.45) is 0. The molecule has 5 nitrogen and oxygen atoms in total. The number of ether oxygens (including phenoxy) is 1. The number of benzene rings is 3. The monoisotopic (exact) mass is 374 g/mol. The molecule has 1 amide bonds. The van der Waals surface area contributed by atoms with Crippen molar-refractivity contribution in [3.63, 3.8) is 0 Å². The standard InChI is InChI=1S/C23H22N2O3/c1-28-23(27)19-14-8-9-15-20(19)25-21(26)16-24-22(17-10-4-2-5-11-17)18-12-6-3-7-13-18/h2-15,22,24H,16H2,1H3,(H,25,26). The molecule has 0 atom stereocenters. The van der Waals surface area contributed by atoms with E-state index in [0.29, 0.717) is 11.3 Å². The van der Waals surface area contributed by atoms with E-state index in [-0.39, 0.29) is 18.5 Å². The molecular formula is C23H22N2O3. The highest BCUT2D eigenvalue weighted by molar-refractivity contribution is 6.01. The van der Waals surface area contributed by atoms with Crippen LogP contribution in [0.15, 0.2) is 84.9 Å². The number of para-hydroxylation sites is 1. The molecule has 0 saturated carbocycles. The summed E-state index contributed by atoms with van der Waals surface area (Å²) in [5.74, 6) is -0.733. The average Bonchev–Trinajstić information content (AvgIpc) is 2.75. The highest BCUT2D eigenvalue weighted by Crippen LogP contribution is 2.21. The van der Waals surface area contributed by atoms with E-state index in [0.717, 1.165) is 11.1 Å². The maximum atomic E-state index is 12.5. The summed E-state index contributed by atoms with van der Waals surface area (Å²) in [5, 5.41) is 6.09. The maximum absolute atomic E-state index is 12.5. The molecule has 0 aliphatic carbocycles. The Bertz CT molecular complexity index is 887. The highest BCUT2D eigenvalue weighted by atomic mass is 16.5. The Hall–Kier alpha value is -3.44. The quantitative estimate of drug-likeness (QED) is 0.618. The van der Waals surface area contributed by atoms with Crippen molar-refractivity contribution in [1.82, 2.24) is 5.32 Å². The van der Waals surface area contributed by atoms with Crippen molar-refractivity contribution in [3.05, 3.63) is 102 Å². The Morgan fingerprint density at radius 3 is 1.93 bits per heavy atom. The second-order valence-corrected chi connectivity index (χ2v) is 6.22. The number of hydrogen-bond acceptors (Lipinski definition) is 4. The maximum Gasteiger partial charge on any atom is 0.339 e. The first-order chi connectivity index (χ1) is 13.7. The average molecular weight is 374 g/mol. The lowest BCUT2D eigenvalue weighted by Crippen LogP contribution is -2.32. The highest BCUT2D eigenvalue weighted by Gasteiger charge is 2.16. The summed E-state index contributed by atoms with van der Waals surface area (Å²) in [7, 11) is 1.31. The van der Waals surface area contributed by atoms with Crippen LogP contribution in [0.3, 0.4) is 0 Å². The summed E-state index contributed by atoms with van der Waals surface area (Å²) < 4.78 is 4.77. The van der Waals surface area contributed by atoms with E-state index < -0.39 is 5.97 Å². The first-order valence-electron chi connectivity index (χ1n) is 8.99. The molecule has 0 spiro atoms. The van der Waals surface area contributed by atoms with E-state index in [9.17, 15) is 9.59 Å². The summed E-state index contributed by atoms with van der Waals surface area (Å²) >= 11 is 0. The third-order valence-corrected chi connectivity index (χ3v) is 4.34. The van der Waals surface area contributed by atoms with Crippen LogP contribution in [-0.4, -0.2) is 25.5 Å². The number of rotatable bonds is 7. The number of carbonyl (C=O) groups excluding carboxylic acids is 2. The van der Waals surface area contributed by atoms with Gasteiger partial charge in [-0.3, -0.25) is 10.1 Å². The van der Waals surface area contributed by atoms with Gasteiger partial charge in [0.2, 0.25) is 5.91 Å². The number of nitrogens with one attached hydrogen (secondary N) is 2. The number of methoxy groups -OCH3 is 1. The zero-order chi connectivity index (χ0) is 19.8. The molecule has 5 heteroatoms. The minimum Gasteiger partial charge on any atom is -0.465 e. The first-order valence-corrected chi connectivity index (χ1v) is 8.99. The first kappa shape index (κ1) is 19.3.